The minimum Gasteiger partial charge on any atom is -0.302 e. The maximum absolute atomic E-state index is 12.1. The maximum atomic E-state index is 12.1. The monoisotopic (exact) mass is 337 g/mol. The van der Waals surface area contributed by atoms with Crippen LogP contribution in [0.2, 0.25) is 0 Å². The predicted octanol–water partition coefficient (Wildman–Crippen LogP) is 4.06. The summed E-state index contributed by atoms with van der Waals surface area (Å²) in [5.41, 5.74) is 2.17. The Morgan fingerprint density at radius 1 is 1.04 bits per heavy atom. The van der Waals surface area contributed by atoms with Gasteiger partial charge in [0, 0.05) is 0 Å². The summed E-state index contributed by atoms with van der Waals surface area (Å²) in [6, 6.07) is 20.0. The minimum atomic E-state index is -0.274. The first-order chi connectivity index (χ1) is 11.6. The number of hydrogen-bond donors (Lipinski definition) is 0. The van der Waals surface area contributed by atoms with Gasteiger partial charge in [-0.1, -0.05) is 72.4 Å². The number of aromatic nitrogens is 3. The Hall–Kier alpha value is -2.40. The molecule has 0 bridgehead atoms. The summed E-state index contributed by atoms with van der Waals surface area (Å²) in [5.74, 6) is 0.954. The van der Waals surface area contributed by atoms with Crippen LogP contribution in [0.5, 0.6) is 0 Å². The molecule has 5 heteroatoms. The summed E-state index contributed by atoms with van der Waals surface area (Å²) >= 11 is 1.46. The molecule has 3 rings (SSSR count). The summed E-state index contributed by atoms with van der Waals surface area (Å²) in [6.45, 7) is 4.25. The second-order valence-corrected chi connectivity index (χ2v) is 6.69. The van der Waals surface area contributed by atoms with Gasteiger partial charge in [-0.25, -0.2) is 0 Å². The Morgan fingerprint density at radius 2 is 1.67 bits per heavy atom. The van der Waals surface area contributed by atoms with Crippen molar-refractivity contribution < 1.29 is 4.79 Å². The third kappa shape index (κ3) is 3.74. The second kappa shape index (κ2) is 7.45. The standard InChI is InChI=1S/C19H19N3OS/c1-14(23)18(17-11-7-4-8-12-17)24-19-21-20-15(2)22(19)13-16-9-5-3-6-10-16/h3-12,18H,13H2,1-2H3. The maximum Gasteiger partial charge on any atom is 0.192 e. The number of nitrogens with zero attached hydrogens (tertiary/aromatic N) is 3. The number of carbonyl (C=O) groups is 1. The van der Waals surface area contributed by atoms with E-state index < -0.39 is 0 Å². The van der Waals surface area contributed by atoms with E-state index in [1.807, 2.05) is 55.5 Å². The molecule has 24 heavy (non-hydrogen) atoms. The lowest BCUT2D eigenvalue weighted by Crippen LogP contribution is -2.09. The molecule has 1 aromatic heterocycles. The van der Waals surface area contributed by atoms with Crippen molar-refractivity contribution in [2.45, 2.75) is 30.8 Å². The molecule has 0 N–H and O–H groups in total. The fraction of sp³-hybridized carbons (Fsp3) is 0.211. The number of rotatable bonds is 6. The molecule has 1 atom stereocenters. The molecule has 1 unspecified atom stereocenters. The summed E-state index contributed by atoms with van der Waals surface area (Å²) in [5, 5.41) is 8.97. The van der Waals surface area contributed by atoms with E-state index in [-0.39, 0.29) is 11.0 Å². The van der Waals surface area contributed by atoms with Gasteiger partial charge in [0.05, 0.1) is 11.8 Å². The van der Waals surface area contributed by atoms with Gasteiger partial charge in [-0.3, -0.25) is 4.79 Å². The highest BCUT2D eigenvalue weighted by Gasteiger charge is 2.22. The summed E-state index contributed by atoms with van der Waals surface area (Å²) in [6.07, 6.45) is 0. The normalized spacial score (nSPS) is 12.1. The fourth-order valence-electron chi connectivity index (χ4n) is 2.52. The molecule has 0 radical (unpaired) electrons. The molecule has 0 aliphatic heterocycles. The molecular weight excluding hydrogens is 318 g/mol. The third-order valence-corrected chi connectivity index (χ3v) is 5.13. The van der Waals surface area contributed by atoms with Crippen LogP contribution in [0.1, 0.15) is 29.1 Å². The lowest BCUT2D eigenvalue weighted by Gasteiger charge is -2.15. The Balaban J connectivity index is 1.88. The first kappa shape index (κ1) is 16.5. The number of Topliss-reactive ketones (excluding diaryl/α,β-unsaturated/α-hetero) is 1. The van der Waals surface area contributed by atoms with E-state index in [0.29, 0.717) is 6.54 Å². The largest absolute Gasteiger partial charge is 0.302 e. The van der Waals surface area contributed by atoms with Gasteiger partial charge in [-0.15, -0.1) is 10.2 Å². The second-order valence-electron chi connectivity index (χ2n) is 5.62. The van der Waals surface area contributed by atoms with E-state index in [0.717, 1.165) is 16.5 Å². The van der Waals surface area contributed by atoms with E-state index in [4.69, 9.17) is 0 Å². The molecule has 0 aliphatic rings. The molecule has 0 saturated carbocycles. The van der Waals surface area contributed by atoms with Crippen molar-refractivity contribution in [3.8, 4) is 0 Å². The van der Waals surface area contributed by atoms with E-state index in [9.17, 15) is 4.79 Å². The molecule has 3 aromatic rings. The predicted molar refractivity (Wildman–Crippen MR) is 96.0 cm³/mol. The zero-order chi connectivity index (χ0) is 16.9. The first-order valence-corrected chi connectivity index (χ1v) is 8.69. The summed E-state index contributed by atoms with van der Waals surface area (Å²) < 4.78 is 2.05. The van der Waals surface area contributed by atoms with Gasteiger partial charge in [0.15, 0.2) is 5.16 Å². The Bertz CT molecular complexity index is 815. The number of thioether (sulfide) groups is 1. The molecule has 1 heterocycles. The molecular formula is C19H19N3OS. The lowest BCUT2D eigenvalue weighted by atomic mass is 10.1. The molecule has 122 valence electrons. The fourth-order valence-corrected chi connectivity index (χ4v) is 3.60. The van der Waals surface area contributed by atoms with E-state index >= 15 is 0 Å². The van der Waals surface area contributed by atoms with Crippen LogP contribution in [-0.4, -0.2) is 20.5 Å². The van der Waals surface area contributed by atoms with Crippen LogP contribution in [0, 0.1) is 6.92 Å². The van der Waals surface area contributed by atoms with E-state index in [1.54, 1.807) is 6.92 Å². The topological polar surface area (TPSA) is 47.8 Å². The Labute approximate surface area is 145 Å². The van der Waals surface area contributed by atoms with Crippen molar-refractivity contribution in [3.63, 3.8) is 0 Å². The highest BCUT2D eigenvalue weighted by Crippen LogP contribution is 2.35. The van der Waals surface area contributed by atoms with Crippen molar-refractivity contribution in [2.24, 2.45) is 0 Å². The number of hydrogen-bond acceptors (Lipinski definition) is 4. The van der Waals surface area contributed by atoms with Crippen LogP contribution < -0.4 is 0 Å². The van der Waals surface area contributed by atoms with E-state index in [2.05, 4.69) is 26.9 Å². The Kier molecular flexibility index (Phi) is 5.11. The lowest BCUT2D eigenvalue weighted by molar-refractivity contribution is -0.116. The molecule has 0 fully saturated rings. The first-order valence-electron chi connectivity index (χ1n) is 7.81. The molecule has 0 aliphatic carbocycles. The van der Waals surface area contributed by atoms with Crippen molar-refractivity contribution in [2.75, 3.05) is 0 Å². The number of aryl methyl sites for hydroxylation is 1. The minimum absolute atomic E-state index is 0.109. The average Bonchev–Trinajstić information content (AvgIpc) is 2.94. The summed E-state index contributed by atoms with van der Waals surface area (Å²) in [7, 11) is 0. The van der Waals surface area contributed by atoms with Gasteiger partial charge in [-0.05, 0) is 25.0 Å². The van der Waals surface area contributed by atoms with Gasteiger partial charge in [-0.2, -0.15) is 0 Å². The molecule has 0 amide bonds. The van der Waals surface area contributed by atoms with Gasteiger partial charge in [0.1, 0.15) is 11.6 Å². The van der Waals surface area contributed by atoms with Crippen molar-refractivity contribution in [3.05, 3.63) is 77.6 Å². The SMILES string of the molecule is CC(=O)C(Sc1nnc(C)n1Cc1ccccc1)c1ccccc1. The van der Waals surface area contributed by atoms with Gasteiger partial charge in [0.2, 0.25) is 0 Å². The van der Waals surface area contributed by atoms with E-state index in [1.165, 1.54) is 17.3 Å². The molecule has 4 nitrogen and oxygen atoms in total. The quantitative estimate of drug-likeness (QED) is 0.637. The number of benzene rings is 2. The highest BCUT2D eigenvalue weighted by molar-refractivity contribution is 8.00. The molecule has 0 spiro atoms. The zero-order valence-corrected chi connectivity index (χ0v) is 14.5. The van der Waals surface area contributed by atoms with Crippen molar-refractivity contribution >= 4 is 17.5 Å². The van der Waals surface area contributed by atoms with Gasteiger partial charge < -0.3 is 4.57 Å². The van der Waals surface area contributed by atoms with Gasteiger partial charge in [0.25, 0.3) is 0 Å². The van der Waals surface area contributed by atoms with Gasteiger partial charge >= 0.3 is 0 Å². The average molecular weight is 337 g/mol. The van der Waals surface area contributed by atoms with Crippen LogP contribution in [0.15, 0.2) is 65.8 Å². The number of carbonyl (C=O) groups excluding carboxylic acids is 1. The third-order valence-electron chi connectivity index (χ3n) is 3.78. The number of ketones is 1. The highest BCUT2D eigenvalue weighted by atomic mass is 32.2. The Morgan fingerprint density at radius 3 is 2.29 bits per heavy atom. The summed E-state index contributed by atoms with van der Waals surface area (Å²) in [4.78, 5) is 12.1. The smallest absolute Gasteiger partial charge is 0.192 e. The van der Waals surface area contributed by atoms with Crippen LogP contribution >= 0.6 is 11.8 Å². The zero-order valence-electron chi connectivity index (χ0n) is 13.7. The van der Waals surface area contributed by atoms with Crippen LogP contribution in [0.25, 0.3) is 0 Å². The van der Waals surface area contributed by atoms with Crippen LogP contribution in [0.4, 0.5) is 0 Å². The van der Waals surface area contributed by atoms with Crippen molar-refractivity contribution in [1.82, 2.24) is 14.8 Å². The van der Waals surface area contributed by atoms with Crippen molar-refractivity contribution in [1.29, 1.82) is 0 Å². The molecule has 0 saturated heterocycles. The van der Waals surface area contributed by atoms with Crippen LogP contribution in [-0.2, 0) is 11.3 Å². The molecule has 2 aromatic carbocycles. The van der Waals surface area contributed by atoms with Crippen LogP contribution in [0.3, 0.4) is 0 Å².